The van der Waals surface area contributed by atoms with Gasteiger partial charge in [0.2, 0.25) is 0 Å². The Morgan fingerprint density at radius 3 is 2.33 bits per heavy atom. The monoisotopic (exact) mass is 252 g/mol. The van der Waals surface area contributed by atoms with Crippen LogP contribution in [0.2, 0.25) is 0 Å². The average Bonchev–Trinajstić information content (AvgIpc) is 2.36. The van der Waals surface area contributed by atoms with Crippen LogP contribution in [0.15, 0.2) is 0 Å². The number of rotatable bonds is 4. The molecule has 1 aliphatic heterocycles. The fourth-order valence-electron chi connectivity index (χ4n) is 4.21. The smallest absolute Gasteiger partial charge is 0.0224 e. The first-order valence-electron chi connectivity index (χ1n) is 8.17. The van der Waals surface area contributed by atoms with Crippen LogP contribution in [-0.2, 0) is 0 Å². The largest absolute Gasteiger partial charge is 0.315 e. The van der Waals surface area contributed by atoms with E-state index in [4.69, 9.17) is 0 Å². The van der Waals surface area contributed by atoms with Gasteiger partial charge in [0.1, 0.15) is 0 Å². The Labute approximate surface area is 114 Å². The molecule has 0 aromatic heterocycles. The number of hydrogen-bond donors (Lipinski definition) is 1. The lowest BCUT2D eigenvalue weighted by Gasteiger charge is -2.44. The minimum Gasteiger partial charge on any atom is -0.315 e. The molecule has 1 aliphatic carbocycles. The summed E-state index contributed by atoms with van der Waals surface area (Å²) in [5.41, 5.74) is 0. The van der Waals surface area contributed by atoms with Crippen molar-refractivity contribution in [2.45, 2.75) is 71.4 Å². The van der Waals surface area contributed by atoms with E-state index >= 15 is 0 Å². The highest BCUT2D eigenvalue weighted by Crippen LogP contribution is 2.33. The van der Waals surface area contributed by atoms with Crippen molar-refractivity contribution in [2.24, 2.45) is 11.8 Å². The van der Waals surface area contributed by atoms with Gasteiger partial charge in [-0.2, -0.15) is 0 Å². The SMILES string of the molecule is CCCN(C1CCCNC1)C1CC(C)CC(C)C1. The van der Waals surface area contributed by atoms with Gasteiger partial charge in [-0.05, 0) is 63.5 Å². The van der Waals surface area contributed by atoms with Crippen LogP contribution in [0.25, 0.3) is 0 Å². The van der Waals surface area contributed by atoms with Crippen LogP contribution in [0.5, 0.6) is 0 Å². The number of nitrogens with one attached hydrogen (secondary N) is 1. The molecule has 3 atom stereocenters. The van der Waals surface area contributed by atoms with E-state index in [2.05, 4.69) is 31.0 Å². The van der Waals surface area contributed by atoms with Crippen LogP contribution in [0.4, 0.5) is 0 Å². The summed E-state index contributed by atoms with van der Waals surface area (Å²) in [6, 6.07) is 1.66. The standard InChI is InChI=1S/C16H32N2/c1-4-8-18(15-6-5-7-17-12-15)16-10-13(2)9-14(3)11-16/h13-17H,4-12H2,1-3H3. The van der Waals surface area contributed by atoms with Crippen molar-refractivity contribution in [3.8, 4) is 0 Å². The summed E-state index contributed by atoms with van der Waals surface area (Å²) in [5, 5.41) is 3.59. The van der Waals surface area contributed by atoms with Gasteiger partial charge in [0.25, 0.3) is 0 Å². The summed E-state index contributed by atoms with van der Waals surface area (Å²) < 4.78 is 0. The third kappa shape index (κ3) is 3.71. The Hall–Kier alpha value is -0.0800. The summed E-state index contributed by atoms with van der Waals surface area (Å²) in [5.74, 6) is 1.85. The molecule has 0 amide bonds. The van der Waals surface area contributed by atoms with Gasteiger partial charge in [0, 0.05) is 18.6 Å². The molecule has 106 valence electrons. The van der Waals surface area contributed by atoms with Gasteiger partial charge in [0.15, 0.2) is 0 Å². The Balaban J connectivity index is 1.98. The first-order chi connectivity index (χ1) is 8.70. The zero-order valence-electron chi connectivity index (χ0n) is 12.6. The van der Waals surface area contributed by atoms with Gasteiger partial charge in [-0.1, -0.05) is 20.8 Å². The first kappa shape index (κ1) is 14.3. The zero-order valence-corrected chi connectivity index (χ0v) is 12.6. The third-order valence-electron chi connectivity index (χ3n) is 4.84. The van der Waals surface area contributed by atoms with E-state index in [1.807, 2.05) is 0 Å². The summed E-state index contributed by atoms with van der Waals surface area (Å²) in [7, 11) is 0. The van der Waals surface area contributed by atoms with Crippen molar-refractivity contribution in [3.63, 3.8) is 0 Å². The molecule has 2 aliphatic rings. The van der Waals surface area contributed by atoms with Crippen LogP contribution in [-0.4, -0.2) is 36.6 Å². The van der Waals surface area contributed by atoms with Crippen LogP contribution in [0.3, 0.4) is 0 Å². The molecule has 2 heteroatoms. The third-order valence-corrected chi connectivity index (χ3v) is 4.84. The second kappa shape index (κ2) is 6.91. The zero-order chi connectivity index (χ0) is 13.0. The maximum absolute atomic E-state index is 3.59. The lowest BCUT2D eigenvalue weighted by molar-refractivity contribution is 0.0592. The molecule has 2 rings (SSSR count). The lowest BCUT2D eigenvalue weighted by Crippen LogP contribution is -2.52. The van der Waals surface area contributed by atoms with Gasteiger partial charge < -0.3 is 5.32 Å². The quantitative estimate of drug-likeness (QED) is 0.826. The van der Waals surface area contributed by atoms with Crippen LogP contribution in [0, 0.1) is 11.8 Å². The number of hydrogen-bond acceptors (Lipinski definition) is 2. The molecule has 18 heavy (non-hydrogen) atoms. The normalized spacial score (nSPS) is 38.0. The highest BCUT2D eigenvalue weighted by atomic mass is 15.2. The second-order valence-electron chi connectivity index (χ2n) is 6.81. The Kier molecular flexibility index (Phi) is 5.50. The molecule has 0 spiro atoms. The van der Waals surface area contributed by atoms with Crippen LogP contribution >= 0.6 is 0 Å². The number of nitrogens with zero attached hydrogens (tertiary/aromatic N) is 1. The summed E-state index contributed by atoms with van der Waals surface area (Å²) in [6.07, 6.45) is 8.38. The molecule has 0 radical (unpaired) electrons. The van der Waals surface area contributed by atoms with Gasteiger partial charge in [0.05, 0.1) is 0 Å². The van der Waals surface area contributed by atoms with Crippen molar-refractivity contribution >= 4 is 0 Å². The van der Waals surface area contributed by atoms with Gasteiger partial charge >= 0.3 is 0 Å². The molecule has 0 aromatic carbocycles. The Morgan fingerprint density at radius 2 is 1.78 bits per heavy atom. The van der Waals surface area contributed by atoms with Gasteiger partial charge in [-0.3, -0.25) is 4.90 Å². The van der Waals surface area contributed by atoms with Gasteiger partial charge in [-0.15, -0.1) is 0 Å². The van der Waals surface area contributed by atoms with Crippen molar-refractivity contribution in [3.05, 3.63) is 0 Å². The Morgan fingerprint density at radius 1 is 1.06 bits per heavy atom. The number of piperidine rings is 1. The van der Waals surface area contributed by atoms with Crippen molar-refractivity contribution in [2.75, 3.05) is 19.6 Å². The minimum absolute atomic E-state index is 0.807. The molecule has 2 nitrogen and oxygen atoms in total. The Bertz CT molecular complexity index is 225. The van der Waals surface area contributed by atoms with Crippen molar-refractivity contribution < 1.29 is 0 Å². The van der Waals surface area contributed by atoms with E-state index < -0.39 is 0 Å². The predicted molar refractivity (Wildman–Crippen MR) is 78.9 cm³/mol. The average molecular weight is 252 g/mol. The molecule has 0 bridgehead atoms. The molecule has 1 saturated carbocycles. The first-order valence-corrected chi connectivity index (χ1v) is 8.17. The summed E-state index contributed by atoms with van der Waals surface area (Å²) in [4.78, 5) is 2.86. The fourth-order valence-corrected chi connectivity index (χ4v) is 4.21. The molecular formula is C16H32N2. The topological polar surface area (TPSA) is 15.3 Å². The molecule has 3 unspecified atom stereocenters. The highest BCUT2D eigenvalue weighted by Gasteiger charge is 2.32. The van der Waals surface area contributed by atoms with Crippen molar-refractivity contribution in [1.82, 2.24) is 10.2 Å². The van der Waals surface area contributed by atoms with E-state index in [0.29, 0.717) is 0 Å². The van der Waals surface area contributed by atoms with E-state index in [1.54, 1.807) is 0 Å². The maximum Gasteiger partial charge on any atom is 0.0224 e. The van der Waals surface area contributed by atoms with Gasteiger partial charge in [-0.25, -0.2) is 0 Å². The molecule has 1 heterocycles. The van der Waals surface area contributed by atoms with E-state index in [0.717, 1.165) is 23.9 Å². The van der Waals surface area contributed by atoms with E-state index in [-0.39, 0.29) is 0 Å². The molecule has 0 aromatic rings. The highest BCUT2D eigenvalue weighted by molar-refractivity contribution is 4.87. The fraction of sp³-hybridized carbons (Fsp3) is 1.00. The summed E-state index contributed by atoms with van der Waals surface area (Å²) in [6.45, 7) is 11.0. The van der Waals surface area contributed by atoms with Crippen LogP contribution < -0.4 is 5.32 Å². The molecule has 2 fully saturated rings. The maximum atomic E-state index is 3.59. The summed E-state index contributed by atoms with van der Waals surface area (Å²) >= 11 is 0. The molecule has 1 saturated heterocycles. The van der Waals surface area contributed by atoms with E-state index in [9.17, 15) is 0 Å². The molecular weight excluding hydrogens is 220 g/mol. The predicted octanol–water partition coefficient (Wildman–Crippen LogP) is 3.28. The molecule has 1 N–H and O–H groups in total. The van der Waals surface area contributed by atoms with E-state index in [1.165, 1.54) is 58.2 Å². The minimum atomic E-state index is 0.807. The van der Waals surface area contributed by atoms with Crippen LogP contribution in [0.1, 0.15) is 59.3 Å². The lowest BCUT2D eigenvalue weighted by atomic mass is 9.79. The second-order valence-corrected chi connectivity index (χ2v) is 6.81. The van der Waals surface area contributed by atoms with Crippen molar-refractivity contribution in [1.29, 1.82) is 0 Å².